The molecule has 2 nitrogen and oxygen atoms in total. The first-order valence-electron chi connectivity index (χ1n) is 14.6. The van der Waals surface area contributed by atoms with Gasteiger partial charge >= 0.3 is 207 Å². The third-order valence-electron chi connectivity index (χ3n) is 7.32. The fourth-order valence-corrected chi connectivity index (χ4v) is 8.38. The maximum atomic E-state index is 11.7. The van der Waals surface area contributed by atoms with Gasteiger partial charge in [0, 0.05) is 0 Å². The van der Waals surface area contributed by atoms with Crippen molar-refractivity contribution in [2.45, 2.75) is 142 Å². The van der Waals surface area contributed by atoms with Gasteiger partial charge in [-0.15, -0.1) is 0 Å². The standard InChI is InChI=1S/C30H57O2P/c1-3-5-7-9-11-13-15-17-19-24-28-33(31,32,30-26-22-21-23-27-30)29-25-20-18-16-14-12-10-8-6-4-2/h21-23,26-27,31-32H,3-20,24-25,28-29H2,1-2H3. The van der Waals surface area contributed by atoms with Crippen molar-refractivity contribution in [3.05, 3.63) is 30.3 Å². The molecule has 0 amide bonds. The van der Waals surface area contributed by atoms with Gasteiger partial charge in [-0.2, -0.15) is 0 Å². The van der Waals surface area contributed by atoms with Gasteiger partial charge in [0.15, 0.2) is 0 Å². The summed E-state index contributed by atoms with van der Waals surface area (Å²) in [6.07, 6.45) is 26.6. The predicted molar refractivity (Wildman–Crippen MR) is 151 cm³/mol. The van der Waals surface area contributed by atoms with Crippen molar-refractivity contribution in [3.8, 4) is 0 Å². The molecule has 2 N–H and O–H groups in total. The normalized spacial score (nSPS) is 13.2. The second kappa shape index (κ2) is 18.8. The number of benzene rings is 1. The van der Waals surface area contributed by atoms with Gasteiger partial charge in [0.2, 0.25) is 0 Å². The van der Waals surface area contributed by atoms with E-state index in [4.69, 9.17) is 0 Å². The fourth-order valence-electron chi connectivity index (χ4n) is 5.01. The molecule has 1 aromatic carbocycles. The average molecular weight is 481 g/mol. The van der Waals surface area contributed by atoms with Crippen molar-refractivity contribution in [1.82, 2.24) is 0 Å². The molecule has 1 rings (SSSR count). The molecule has 0 aliphatic heterocycles. The third-order valence-corrected chi connectivity index (χ3v) is 11.3. The molecule has 0 unspecified atom stereocenters. The van der Waals surface area contributed by atoms with Crippen molar-refractivity contribution in [3.63, 3.8) is 0 Å². The van der Waals surface area contributed by atoms with E-state index in [2.05, 4.69) is 13.8 Å². The molecule has 0 bridgehead atoms. The van der Waals surface area contributed by atoms with Crippen LogP contribution in [-0.2, 0) is 0 Å². The maximum absolute atomic E-state index is 11.7. The van der Waals surface area contributed by atoms with Crippen LogP contribution in [0.15, 0.2) is 30.3 Å². The van der Waals surface area contributed by atoms with Gasteiger partial charge in [-0.05, 0) is 0 Å². The van der Waals surface area contributed by atoms with Crippen LogP contribution in [0, 0.1) is 0 Å². The summed E-state index contributed by atoms with van der Waals surface area (Å²) in [4.78, 5) is 23.4. The third kappa shape index (κ3) is 14.5. The van der Waals surface area contributed by atoms with Crippen LogP contribution in [0.1, 0.15) is 142 Å². The van der Waals surface area contributed by atoms with Crippen LogP contribution < -0.4 is 5.30 Å². The summed E-state index contributed by atoms with van der Waals surface area (Å²) in [5.74, 6) is 0. The molecule has 0 radical (unpaired) electrons. The Kier molecular flexibility index (Phi) is 17.5. The summed E-state index contributed by atoms with van der Waals surface area (Å²) in [6.45, 7) is 4.54. The summed E-state index contributed by atoms with van der Waals surface area (Å²) >= 11 is 0. The molecule has 0 heterocycles. The molecule has 0 saturated carbocycles. The first-order valence-corrected chi connectivity index (χ1v) is 17.1. The van der Waals surface area contributed by atoms with Gasteiger partial charge in [-0.25, -0.2) is 0 Å². The molecule has 0 aromatic heterocycles. The Bertz CT molecular complexity index is 530. The van der Waals surface area contributed by atoms with Gasteiger partial charge in [0.25, 0.3) is 0 Å². The van der Waals surface area contributed by atoms with Crippen LogP contribution >= 0.6 is 7.06 Å². The Balaban J connectivity index is 2.32. The monoisotopic (exact) mass is 480 g/mol. The van der Waals surface area contributed by atoms with E-state index in [1.165, 1.54) is 103 Å². The van der Waals surface area contributed by atoms with E-state index in [-0.39, 0.29) is 0 Å². The van der Waals surface area contributed by atoms with Crippen molar-refractivity contribution < 1.29 is 9.79 Å². The first kappa shape index (κ1) is 30.6. The Morgan fingerprint density at radius 1 is 0.455 bits per heavy atom. The number of unbranched alkanes of at least 4 members (excludes halogenated alkanes) is 18. The molecule has 0 saturated heterocycles. The Morgan fingerprint density at radius 2 is 0.758 bits per heavy atom. The van der Waals surface area contributed by atoms with Gasteiger partial charge < -0.3 is 0 Å². The topological polar surface area (TPSA) is 40.5 Å². The molecule has 1 aromatic rings. The van der Waals surface area contributed by atoms with E-state index >= 15 is 0 Å². The predicted octanol–water partition coefficient (Wildman–Crippen LogP) is 9.52. The Hall–Kier alpha value is -0.430. The Labute approximate surface area is 207 Å². The van der Waals surface area contributed by atoms with Crippen LogP contribution in [0.25, 0.3) is 0 Å². The zero-order valence-electron chi connectivity index (χ0n) is 22.3. The Morgan fingerprint density at radius 3 is 1.09 bits per heavy atom. The van der Waals surface area contributed by atoms with E-state index in [9.17, 15) is 9.79 Å². The zero-order chi connectivity index (χ0) is 24.1. The molecule has 33 heavy (non-hydrogen) atoms. The van der Waals surface area contributed by atoms with Crippen LogP contribution in [0.5, 0.6) is 0 Å². The number of hydrogen-bond acceptors (Lipinski definition) is 2. The molecule has 0 spiro atoms. The fraction of sp³-hybridized carbons (Fsp3) is 0.800. The van der Waals surface area contributed by atoms with Crippen molar-refractivity contribution in [2.24, 2.45) is 0 Å². The van der Waals surface area contributed by atoms with E-state index in [1.54, 1.807) is 0 Å². The summed E-state index contributed by atoms with van der Waals surface area (Å²) in [5, 5.41) is 0.801. The average Bonchev–Trinajstić information content (AvgIpc) is 2.82. The van der Waals surface area contributed by atoms with Gasteiger partial charge in [-0.3, -0.25) is 0 Å². The first-order chi connectivity index (χ1) is 16.0. The molecule has 0 aliphatic carbocycles. The summed E-state index contributed by atoms with van der Waals surface area (Å²) in [5.41, 5.74) is 0. The number of hydrogen-bond donors (Lipinski definition) is 2. The summed E-state index contributed by atoms with van der Waals surface area (Å²) in [7, 11) is -3.80. The molecule has 3 heteroatoms. The van der Waals surface area contributed by atoms with Gasteiger partial charge in [-0.1, -0.05) is 0 Å². The van der Waals surface area contributed by atoms with E-state index in [0.717, 1.165) is 31.0 Å². The minimum atomic E-state index is -3.80. The van der Waals surface area contributed by atoms with E-state index < -0.39 is 7.06 Å². The van der Waals surface area contributed by atoms with Gasteiger partial charge in [0.1, 0.15) is 0 Å². The second-order valence-electron chi connectivity index (χ2n) is 10.5. The zero-order valence-corrected chi connectivity index (χ0v) is 23.2. The van der Waals surface area contributed by atoms with Crippen molar-refractivity contribution in [2.75, 3.05) is 12.3 Å². The number of rotatable bonds is 23. The molecule has 0 fully saturated rings. The molecule has 194 valence electrons. The van der Waals surface area contributed by atoms with Crippen molar-refractivity contribution >= 4 is 12.4 Å². The quantitative estimate of drug-likeness (QED) is 0.121. The van der Waals surface area contributed by atoms with Crippen LogP contribution in [-0.4, -0.2) is 22.1 Å². The summed E-state index contributed by atoms with van der Waals surface area (Å²) in [6, 6.07) is 9.79. The molecule has 0 atom stereocenters. The van der Waals surface area contributed by atoms with Crippen LogP contribution in [0.3, 0.4) is 0 Å². The molecule has 0 aliphatic rings. The van der Waals surface area contributed by atoms with Crippen molar-refractivity contribution in [1.29, 1.82) is 0 Å². The second-order valence-corrected chi connectivity index (χ2v) is 14.7. The SMILES string of the molecule is CCCCCCCCCCCCP(O)(O)(CCCCCCCCCCCC)c1ccccc1. The molecular weight excluding hydrogens is 423 g/mol. The minimum absolute atomic E-state index is 0.573. The summed E-state index contributed by atoms with van der Waals surface area (Å²) < 4.78 is 0. The van der Waals surface area contributed by atoms with Crippen LogP contribution in [0.2, 0.25) is 0 Å². The molecular formula is C30H57O2P. The van der Waals surface area contributed by atoms with Crippen LogP contribution in [0.4, 0.5) is 0 Å². The van der Waals surface area contributed by atoms with E-state index in [1.807, 2.05) is 30.3 Å². The van der Waals surface area contributed by atoms with Gasteiger partial charge in [0.05, 0.1) is 0 Å². The van der Waals surface area contributed by atoms with E-state index in [0.29, 0.717) is 12.3 Å².